The smallest absolute Gasteiger partial charge is 0.243 e. The first-order valence-corrected chi connectivity index (χ1v) is 15.9. The summed E-state index contributed by atoms with van der Waals surface area (Å²) in [6.07, 6.45) is 36.9. The Morgan fingerprint density at radius 3 is 1.43 bits per heavy atom. The van der Waals surface area contributed by atoms with Crippen LogP contribution in [-0.2, 0) is 17.9 Å². The Morgan fingerprint density at radius 2 is 1.05 bits per heavy atom. The average Bonchev–Trinajstić information content (AvgIpc) is 3.33. The van der Waals surface area contributed by atoms with Crippen molar-refractivity contribution in [1.29, 1.82) is 0 Å². The Bertz CT molecular complexity index is 601. The quantitative estimate of drug-likeness (QED) is 0.107. The summed E-state index contributed by atoms with van der Waals surface area (Å²) in [6, 6.07) is 0. The van der Waals surface area contributed by atoms with Gasteiger partial charge in [-0.05, 0) is 32.6 Å². The molecule has 5 heteroatoms. The minimum Gasteiger partial charge on any atom is -0.547 e. The summed E-state index contributed by atoms with van der Waals surface area (Å²) in [5.74, 6) is -1.44. The number of aliphatic carboxylic acids is 1. The molecule has 0 bridgehead atoms. The molecule has 0 aliphatic heterocycles. The summed E-state index contributed by atoms with van der Waals surface area (Å²) in [4.78, 5) is 9.34. The molecule has 218 valence electrons. The molecule has 1 unspecified atom stereocenters. The van der Waals surface area contributed by atoms with E-state index < -0.39 is 12.1 Å². The molecule has 1 aromatic rings. The van der Waals surface area contributed by atoms with Gasteiger partial charge >= 0.3 is 0 Å². The molecule has 0 aliphatic carbocycles. The fourth-order valence-corrected chi connectivity index (χ4v) is 4.62. The van der Waals surface area contributed by atoms with Gasteiger partial charge in [0, 0.05) is 0 Å². The Morgan fingerprint density at radius 1 is 0.703 bits per heavy atom. The lowest BCUT2D eigenvalue weighted by atomic mass is 10.0. The molecule has 0 aromatic carbocycles. The fraction of sp³-hybridized carbons (Fsp3) is 0.875. The van der Waals surface area contributed by atoms with Gasteiger partial charge < -0.3 is 15.0 Å². The van der Waals surface area contributed by atoms with Crippen LogP contribution in [0.5, 0.6) is 0 Å². The van der Waals surface area contributed by atoms with Crippen molar-refractivity contribution in [2.24, 2.45) is 0 Å². The van der Waals surface area contributed by atoms with E-state index in [1.807, 2.05) is 0 Å². The first-order chi connectivity index (χ1) is 18.0. The summed E-state index contributed by atoms with van der Waals surface area (Å²) in [5, 5.41) is 17.3. The lowest BCUT2D eigenvalue weighted by Crippen LogP contribution is -2.32. The third kappa shape index (κ3) is 26.0. The first-order valence-electron chi connectivity index (χ1n) is 15.9. The summed E-state index contributed by atoms with van der Waals surface area (Å²) in [5.41, 5.74) is 0. The standard InChI is InChI=1S/C29H57N2.C3H6O3/c1-3-5-7-9-11-12-13-14-15-16-17-18-19-20-22-24-26-31-28-27-30(29-31)25-23-21-10-8-6-4-2;1-2(4)3(5)6/h27-29H,3-26H2,1-2H3;2,4H,1H3,(H,5,6)/q+1;/p-1. The number of carbonyl (C=O) groups is 1. The maximum atomic E-state index is 9.34. The lowest BCUT2D eigenvalue weighted by molar-refractivity contribution is -0.696. The number of nitrogens with zero attached hydrogens (tertiary/aromatic N) is 2. The number of aromatic nitrogens is 2. The van der Waals surface area contributed by atoms with E-state index in [1.165, 1.54) is 154 Å². The molecule has 1 rings (SSSR count). The number of aryl methyl sites for hydroxylation is 2. The van der Waals surface area contributed by atoms with E-state index in [0.717, 1.165) is 6.92 Å². The van der Waals surface area contributed by atoms with Gasteiger partial charge in [-0.25, -0.2) is 9.13 Å². The zero-order valence-corrected chi connectivity index (χ0v) is 24.9. The molecular weight excluding hydrogens is 460 g/mol. The molecular formula is C32H62N2O3. The Hall–Kier alpha value is -1.36. The third-order valence-corrected chi connectivity index (χ3v) is 7.13. The number of carboxylic acid groups (broad SMARTS) is 1. The molecule has 0 amide bonds. The minimum atomic E-state index is -1.44. The second-order valence-electron chi connectivity index (χ2n) is 11.0. The Balaban J connectivity index is 0.00000192. The highest BCUT2D eigenvalue weighted by Crippen LogP contribution is 2.13. The fourth-order valence-electron chi connectivity index (χ4n) is 4.62. The second-order valence-corrected chi connectivity index (χ2v) is 11.0. The number of hydrogen-bond donors (Lipinski definition) is 1. The van der Waals surface area contributed by atoms with Gasteiger partial charge in [-0.15, -0.1) is 0 Å². The van der Waals surface area contributed by atoms with Crippen molar-refractivity contribution in [2.75, 3.05) is 0 Å². The summed E-state index contributed by atoms with van der Waals surface area (Å²) >= 11 is 0. The van der Waals surface area contributed by atoms with Gasteiger partial charge in [-0.1, -0.05) is 129 Å². The lowest BCUT2D eigenvalue weighted by Gasteiger charge is -2.03. The second kappa shape index (κ2) is 27.7. The molecule has 0 fully saturated rings. The predicted octanol–water partition coefficient (Wildman–Crippen LogP) is 7.51. The van der Waals surface area contributed by atoms with Crippen LogP contribution in [0.1, 0.15) is 162 Å². The Kier molecular flexibility index (Phi) is 26.7. The van der Waals surface area contributed by atoms with Gasteiger partial charge in [-0.2, -0.15) is 0 Å². The first kappa shape index (κ1) is 35.6. The molecule has 1 atom stereocenters. The Labute approximate surface area is 230 Å². The van der Waals surface area contributed by atoms with Crippen LogP contribution in [0.4, 0.5) is 0 Å². The molecule has 1 aromatic heterocycles. The van der Waals surface area contributed by atoms with Gasteiger partial charge in [0.15, 0.2) is 0 Å². The molecule has 37 heavy (non-hydrogen) atoms. The van der Waals surface area contributed by atoms with E-state index in [9.17, 15) is 9.90 Å². The highest BCUT2D eigenvalue weighted by atomic mass is 16.4. The van der Waals surface area contributed by atoms with E-state index in [2.05, 4.69) is 41.7 Å². The van der Waals surface area contributed by atoms with Crippen LogP contribution in [0.25, 0.3) is 0 Å². The molecule has 0 saturated carbocycles. The molecule has 0 aliphatic rings. The number of imidazole rings is 1. The normalized spacial score (nSPS) is 11.8. The van der Waals surface area contributed by atoms with Crippen molar-refractivity contribution < 1.29 is 19.6 Å². The van der Waals surface area contributed by atoms with Gasteiger partial charge in [0.25, 0.3) is 0 Å². The van der Waals surface area contributed by atoms with Crippen LogP contribution in [0, 0.1) is 0 Å². The van der Waals surface area contributed by atoms with Crippen molar-refractivity contribution in [3.05, 3.63) is 18.7 Å². The van der Waals surface area contributed by atoms with Crippen molar-refractivity contribution in [3.63, 3.8) is 0 Å². The number of aliphatic hydroxyl groups is 1. The van der Waals surface area contributed by atoms with Crippen LogP contribution in [0.2, 0.25) is 0 Å². The van der Waals surface area contributed by atoms with Crippen molar-refractivity contribution in [3.8, 4) is 0 Å². The van der Waals surface area contributed by atoms with Crippen LogP contribution in [0.15, 0.2) is 18.7 Å². The number of unbranched alkanes of at least 4 members (excludes halogenated alkanes) is 20. The average molecular weight is 523 g/mol. The molecule has 5 nitrogen and oxygen atoms in total. The minimum absolute atomic E-state index is 1.13. The molecule has 1 N–H and O–H groups in total. The van der Waals surface area contributed by atoms with E-state index in [-0.39, 0.29) is 0 Å². The zero-order chi connectivity index (χ0) is 27.4. The van der Waals surface area contributed by atoms with Gasteiger partial charge in [-0.3, -0.25) is 0 Å². The summed E-state index contributed by atoms with van der Waals surface area (Å²) in [7, 11) is 0. The predicted molar refractivity (Wildman–Crippen MR) is 154 cm³/mol. The number of hydrogen-bond acceptors (Lipinski definition) is 3. The number of rotatable bonds is 25. The van der Waals surface area contributed by atoms with Crippen molar-refractivity contribution in [2.45, 2.75) is 181 Å². The van der Waals surface area contributed by atoms with Crippen LogP contribution in [0.3, 0.4) is 0 Å². The van der Waals surface area contributed by atoms with E-state index in [1.54, 1.807) is 0 Å². The van der Waals surface area contributed by atoms with Gasteiger partial charge in [0.2, 0.25) is 6.33 Å². The van der Waals surface area contributed by atoms with Crippen molar-refractivity contribution >= 4 is 5.97 Å². The van der Waals surface area contributed by atoms with Crippen LogP contribution < -0.4 is 9.67 Å². The van der Waals surface area contributed by atoms with Gasteiger partial charge in [0.1, 0.15) is 12.4 Å². The maximum absolute atomic E-state index is 9.34. The van der Waals surface area contributed by atoms with Gasteiger partial charge in [0.05, 0.1) is 25.2 Å². The highest BCUT2D eigenvalue weighted by molar-refractivity contribution is 5.68. The number of carboxylic acids is 1. The van der Waals surface area contributed by atoms with Crippen LogP contribution >= 0.6 is 0 Å². The highest BCUT2D eigenvalue weighted by Gasteiger charge is 2.03. The summed E-state index contributed by atoms with van der Waals surface area (Å²) in [6.45, 7) is 8.11. The van der Waals surface area contributed by atoms with Crippen LogP contribution in [-0.4, -0.2) is 21.7 Å². The molecule has 0 saturated heterocycles. The number of aliphatic hydroxyl groups excluding tert-OH is 1. The van der Waals surface area contributed by atoms with E-state index >= 15 is 0 Å². The zero-order valence-electron chi connectivity index (χ0n) is 24.9. The van der Waals surface area contributed by atoms with E-state index in [0.29, 0.717) is 0 Å². The largest absolute Gasteiger partial charge is 0.547 e. The maximum Gasteiger partial charge on any atom is 0.243 e. The van der Waals surface area contributed by atoms with Crippen molar-refractivity contribution in [1.82, 2.24) is 4.57 Å². The topological polar surface area (TPSA) is 69.2 Å². The SMILES string of the molecule is CC(O)C(=O)[O-].CCCCCCCCCCCCCCCCCC[n+]1ccn(CCCCCCCC)c1. The number of carbonyl (C=O) groups excluding carboxylic acids is 1. The summed E-state index contributed by atoms with van der Waals surface area (Å²) < 4.78 is 4.77. The molecule has 0 radical (unpaired) electrons. The van der Waals surface area contributed by atoms with E-state index in [4.69, 9.17) is 5.11 Å². The monoisotopic (exact) mass is 522 g/mol. The molecule has 1 heterocycles. The third-order valence-electron chi connectivity index (χ3n) is 7.13. The molecule has 0 spiro atoms.